The first-order chi connectivity index (χ1) is 13.0. The Labute approximate surface area is 162 Å². The average Bonchev–Trinajstić information content (AvgIpc) is 2.68. The van der Waals surface area contributed by atoms with Crippen LogP contribution < -0.4 is 10.2 Å². The molecule has 2 heterocycles. The first-order valence-electron chi connectivity index (χ1n) is 9.95. The van der Waals surface area contributed by atoms with Crippen molar-refractivity contribution in [2.45, 2.75) is 40.0 Å². The van der Waals surface area contributed by atoms with Gasteiger partial charge >= 0.3 is 0 Å². The van der Waals surface area contributed by atoms with Crippen LogP contribution in [-0.2, 0) is 4.79 Å². The zero-order chi connectivity index (χ0) is 19.2. The number of piperidine rings is 1. The number of amides is 1. The molecule has 1 N–H and O–H groups in total. The Bertz CT molecular complexity index is 749. The monoisotopic (exact) mass is 366 g/mol. The maximum Gasteiger partial charge on any atom is 0.223 e. The van der Waals surface area contributed by atoms with Gasteiger partial charge < -0.3 is 10.2 Å². The summed E-state index contributed by atoms with van der Waals surface area (Å²) in [5.41, 5.74) is 2.26. The predicted octanol–water partition coefficient (Wildman–Crippen LogP) is 3.83. The Balaban J connectivity index is 1.57. The minimum atomic E-state index is 0.117. The van der Waals surface area contributed by atoms with E-state index in [0.29, 0.717) is 5.92 Å². The van der Waals surface area contributed by atoms with E-state index in [0.717, 1.165) is 56.1 Å². The van der Waals surface area contributed by atoms with Crippen molar-refractivity contribution in [3.63, 3.8) is 0 Å². The van der Waals surface area contributed by atoms with Crippen molar-refractivity contribution in [1.82, 2.24) is 15.3 Å². The van der Waals surface area contributed by atoms with Gasteiger partial charge in [0, 0.05) is 37.3 Å². The summed E-state index contributed by atoms with van der Waals surface area (Å²) in [6, 6.07) is 10.2. The molecule has 1 fully saturated rings. The number of carbonyl (C=O) groups is 1. The fourth-order valence-electron chi connectivity index (χ4n) is 3.37. The molecule has 3 rings (SSSR count). The first-order valence-corrected chi connectivity index (χ1v) is 9.95. The molecule has 1 aliphatic rings. The number of benzene rings is 1. The number of aromatic nitrogens is 2. The average molecular weight is 367 g/mol. The fourth-order valence-corrected chi connectivity index (χ4v) is 3.37. The van der Waals surface area contributed by atoms with Gasteiger partial charge in [0.1, 0.15) is 5.82 Å². The van der Waals surface area contributed by atoms with Gasteiger partial charge in [-0.1, -0.05) is 43.7 Å². The summed E-state index contributed by atoms with van der Waals surface area (Å²) in [6.07, 6.45) is 4.60. The van der Waals surface area contributed by atoms with E-state index in [2.05, 4.69) is 60.2 Å². The highest BCUT2D eigenvalue weighted by Gasteiger charge is 2.25. The first kappa shape index (κ1) is 19.3. The van der Waals surface area contributed by atoms with Crippen molar-refractivity contribution in [2.75, 3.05) is 24.5 Å². The van der Waals surface area contributed by atoms with Gasteiger partial charge in [-0.15, -0.1) is 0 Å². The van der Waals surface area contributed by atoms with Crippen molar-refractivity contribution < 1.29 is 4.79 Å². The second-order valence-corrected chi connectivity index (χ2v) is 7.84. The van der Waals surface area contributed by atoms with Crippen LogP contribution in [-0.4, -0.2) is 35.5 Å². The van der Waals surface area contributed by atoms with Crippen molar-refractivity contribution >= 4 is 11.7 Å². The van der Waals surface area contributed by atoms with Gasteiger partial charge in [-0.2, -0.15) is 0 Å². The second kappa shape index (κ2) is 8.98. The molecule has 0 bridgehead atoms. The molecule has 2 aromatic rings. The standard InChI is InChI=1S/C22H30N4O/c1-16(2)8-12-24-22(27)19-10-14-26(15-11-19)20-9-13-23-21(25-20)18-6-4-17(3)5-7-18/h4-7,9,13,16,19H,8,10-12,14-15H2,1-3H3,(H,24,27). The zero-order valence-electron chi connectivity index (χ0n) is 16.6. The third-order valence-electron chi connectivity index (χ3n) is 5.16. The molecule has 0 atom stereocenters. The van der Waals surface area contributed by atoms with Gasteiger partial charge in [-0.3, -0.25) is 4.79 Å². The molecule has 0 radical (unpaired) electrons. The maximum atomic E-state index is 12.3. The minimum absolute atomic E-state index is 0.117. The van der Waals surface area contributed by atoms with Crippen LogP contribution in [0.25, 0.3) is 11.4 Å². The Kier molecular flexibility index (Phi) is 6.43. The van der Waals surface area contributed by atoms with Crippen molar-refractivity contribution in [3.8, 4) is 11.4 Å². The maximum absolute atomic E-state index is 12.3. The lowest BCUT2D eigenvalue weighted by molar-refractivity contribution is -0.125. The molecular weight excluding hydrogens is 336 g/mol. The van der Waals surface area contributed by atoms with Crippen LogP contribution in [0.3, 0.4) is 0 Å². The lowest BCUT2D eigenvalue weighted by Gasteiger charge is -2.32. The Morgan fingerprint density at radius 3 is 2.56 bits per heavy atom. The van der Waals surface area contributed by atoms with Crippen LogP contribution >= 0.6 is 0 Å². The molecule has 5 nitrogen and oxygen atoms in total. The Hall–Kier alpha value is -2.43. The summed E-state index contributed by atoms with van der Waals surface area (Å²) in [6.45, 7) is 8.92. The zero-order valence-corrected chi connectivity index (χ0v) is 16.6. The minimum Gasteiger partial charge on any atom is -0.356 e. The van der Waals surface area contributed by atoms with E-state index in [1.54, 1.807) is 0 Å². The van der Waals surface area contributed by atoms with Gasteiger partial charge in [0.05, 0.1) is 0 Å². The number of nitrogens with zero attached hydrogens (tertiary/aromatic N) is 3. The van der Waals surface area contributed by atoms with E-state index in [-0.39, 0.29) is 11.8 Å². The van der Waals surface area contributed by atoms with Gasteiger partial charge in [-0.25, -0.2) is 9.97 Å². The van der Waals surface area contributed by atoms with E-state index < -0.39 is 0 Å². The van der Waals surface area contributed by atoms with Crippen molar-refractivity contribution in [2.24, 2.45) is 11.8 Å². The largest absolute Gasteiger partial charge is 0.356 e. The van der Waals surface area contributed by atoms with E-state index in [4.69, 9.17) is 4.98 Å². The van der Waals surface area contributed by atoms with Gasteiger partial charge in [-0.05, 0) is 38.2 Å². The molecule has 0 saturated carbocycles. The van der Waals surface area contributed by atoms with Gasteiger partial charge in [0.15, 0.2) is 5.82 Å². The molecule has 1 saturated heterocycles. The number of hydrogen-bond acceptors (Lipinski definition) is 4. The summed E-state index contributed by atoms with van der Waals surface area (Å²) in [4.78, 5) is 23.8. The third-order valence-corrected chi connectivity index (χ3v) is 5.16. The summed E-state index contributed by atoms with van der Waals surface area (Å²) < 4.78 is 0. The van der Waals surface area contributed by atoms with E-state index in [1.165, 1.54) is 5.56 Å². The number of rotatable bonds is 6. The molecular formula is C22H30N4O. The number of nitrogens with one attached hydrogen (secondary N) is 1. The molecule has 27 heavy (non-hydrogen) atoms. The Morgan fingerprint density at radius 1 is 1.19 bits per heavy atom. The Morgan fingerprint density at radius 2 is 1.89 bits per heavy atom. The van der Waals surface area contributed by atoms with Gasteiger partial charge in [0.2, 0.25) is 5.91 Å². The van der Waals surface area contributed by atoms with E-state index in [1.807, 2.05) is 12.3 Å². The highest BCUT2D eigenvalue weighted by molar-refractivity contribution is 5.79. The highest BCUT2D eigenvalue weighted by atomic mass is 16.1. The molecule has 1 aromatic heterocycles. The van der Waals surface area contributed by atoms with Crippen molar-refractivity contribution in [3.05, 3.63) is 42.1 Å². The summed E-state index contributed by atoms with van der Waals surface area (Å²) >= 11 is 0. The number of carbonyl (C=O) groups excluding carboxylic acids is 1. The summed E-state index contributed by atoms with van der Waals surface area (Å²) in [5, 5.41) is 3.09. The lowest BCUT2D eigenvalue weighted by atomic mass is 9.95. The fraction of sp³-hybridized carbons (Fsp3) is 0.500. The third kappa shape index (κ3) is 5.28. The van der Waals surface area contributed by atoms with Crippen LogP contribution in [0.15, 0.2) is 36.5 Å². The van der Waals surface area contributed by atoms with Crippen LogP contribution in [0.2, 0.25) is 0 Å². The smallest absolute Gasteiger partial charge is 0.223 e. The van der Waals surface area contributed by atoms with E-state index >= 15 is 0 Å². The second-order valence-electron chi connectivity index (χ2n) is 7.84. The molecule has 1 amide bonds. The van der Waals surface area contributed by atoms with Crippen molar-refractivity contribution in [1.29, 1.82) is 0 Å². The number of hydrogen-bond donors (Lipinski definition) is 1. The van der Waals surface area contributed by atoms with Gasteiger partial charge in [0.25, 0.3) is 0 Å². The molecule has 1 aliphatic heterocycles. The van der Waals surface area contributed by atoms with E-state index in [9.17, 15) is 4.79 Å². The van der Waals surface area contributed by atoms with Crippen LogP contribution in [0, 0.1) is 18.8 Å². The normalized spacial score (nSPS) is 15.2. The molecule has 144 valence electrons. The topological polar surface area (TPSA) is 58.1 Å². The molecule has 0 unspecified atom stereocenters. The number of aryl methyl sites for hydroxylation is 1. The molecule has 0 aliphatic carbocycles. The molecule has 1 aromatic carbocycles. The SMILES string of the molecule is Cc1ccc(-c2nccc(N3CCC(C(=O)NCCC(C)C)CC3)n2)cc1. The van der Waals surface area contributed by atoms with Crippen LogP contribution in [0.1, 0.15) is 38.7 Å². The van der Waals surface area contributed by atoms with Crippen LogP contribution in [0.4, 0.5) is 5.82 Å². The molecule has 0 spiro atoms. The predicted molar refractivity (Wildman–Crippen MR) is 110 cm³/mol. The summed E-state index contributed by atoms with van der Waals surface area (Å²) in [7, 11) is 0. The van der Waals surface area contributed by atoms with Crippen LogP contribution in [0.5, 0.6) is 0 Å². The highest BCUT2D eigenvalue weighted by Crippen LogP contribution is 2.24. The molecule has 5 heteroatoms. The summed E-state index contributed by atoms with van der Waals surface area (Å²) in [5.74, 6) is 2.64. The lowest BCUT2D eigenvalue weighted by Crippen LogP contribution is -2.41. The number of anilines is 1. The quantitative estimate of drug-likeness (QED) is 0.844.